The Kier molecular flexibility index (Phi) is 4.70. The van der Waals surface area contributed by atoms with Crippen molar-refractivity contribution in [3.05, 3.63) is 10.1 Å². The van der Waals surface area contributed by atoms with E-state index in [0.717, 1.165) is 0 Å². The lowest BCUT2D eigenvalue weighted by atomic mass is 10.3. The molecule has 7 heteroatoms. The molecular formula is C5H11N3O4. The van der Waals surface area contributed by atoms with Gasteiger partial charge in [0.1, 0.15) is 6.61 Å². The van der Waals surface area contributed by atoms with Crippen LogP contribution in [0.15, 0.2) is 0 Å². The number of carbonyl (C=O) groups excluding carboxylic acids is 1. The number of nitrogens with zero attached hydrogens (tertiary/aromatic N) is 1. The van der Waals surface area contributed by atoms with Crippen molar-refractivity contribution < 1.29 is 14.7 Å². The van der Waals surface area contributed by atoms with Gasteiger partial charge in [0, 0.05) is 6.54 Å². The van der Waals surface area contributed by atoms with E-state index in [1.54, 1.807) is 0 Å². The minimum absolute atomic E-state index is 0.0847. The average molecular weight is 177 g/mol. The van der Waals surface area contributed by atoms with Crippen LogP contribution in [0, 0.1) is 10.1 Å². The third-order valence-corrected chi connectivity index (χ3v) is 1.01. The molecule has 0 aliphatic carbocycles. The smallest absolute Gasteiger partial charge is 0.294 e. The second kappa shape index (κ2) is 5.30. The Morgan fingerprint density at radius 1 is 1.83 bits per heavy atom. The van der Waals surface area contributed by atoms with Gasteiger partial charge in [0.05, 0.1) is 6.04 Å². The molecule has 0 aromatic rings. The van der Waals surface area contributed by atoms with E-state index in [9.17, 15) is 14.9 Å². The molecule has 0 aliphatic heterocycles. The molecule has 0 heterocycles. The summed E-state index contributed by atoms with van der Waals surface area (Å²) in [6.45, 7) is 1.44. The molecule has 1 unspecified atom stereocenters. The van der Waals surface area contributed by atoms with Gasteiger partial charge in [0.2, 0.25) is 5.91 Å². The lowest BCUT2D eigenvalue weighted by molar-refractivity contribution is -0.757. The third kappa shape index (κ3) is 5.42. The molecule has 0 saturated carbocycles. The zero-order valence-electron chi connectivity index (χ0n) is 6.65. The number of amides is 1. The van der Waals surface area contributed by atoms with Crippen molar-refractivity contribution in [3.8, 4) is 0 Å². The van der Waals surface area contributed by atoms with Gasteiger partial charge in [-0.3, -0.25) is 4.79 Å². The Hall–Kier alpha value is -1.37. The molecule has 0 bridgehead atoms. The Labute approximate surface area is 69.0 Å². The average Bonchev–Trinajstić information content (AvgIpc) is 1.97. The Morgan fingerprint density at radius 3 is 2.83 bits per heavy atom. The van der Waals surface area contributed by atoms with Gasteiger partial charge in [-0.15, -0.1) is 10.1 Å². The second-order valence-electron chi connectivity index (χ2n) is 2.14. The van der Waals surface area contributed by atoms with Crippen LogP contribution in [-0.4, -0.2) is 30.2 Å². The van der Waals surface area contributed by atoms with E-state index in [0.29, 0.717) is 0 Å². The number of nitrogens with one attached hydrogen (secondary N) is 1. The van der Waals surface area contributed by atoms with Gasteiger partial charge in [0.25, 0.3) is 5.09 Å². The van der Waals surface area contributed by atoms with Crippen molar-refractivity contribution in [2.45, 2.75) is 13.0 Å². The van der Waals surface area contributed by atoms with Gasteiger partial charge in [-0.2, -0.15) is 0 Å². The van der Waals surface area contributed by atoms with Gasteiger partial charge < -0.3 is 15.9 Å². The predicted octanol–water partition coefficient (Wildman–Crippen LogP) is -1.34. The summed E-state index contributed by atoms with van der Waals surface area (Å²) < 4.78 is 0. The Bertz CT molecular complexity index is 170. The molecule has 1 amide bonds. The number of rotatable bonds is 5. The second-order valence-corrected chi connectivity index (χ2v) is 2.14. The highest BCUT2D eigenvalue weighted by atomic mass is 16.9. The van der Waals surface area contributed by atoms with E-state index in [2.05, 4.69) is 10.2 Å². The van der Waals surface area contributed by atoms with Gasteiger partial charge in [0.15, 0.2) is 0 Å². The molecule has 0 rings (SSSR count). The maximum atomic E-state index is 10.7. The largest absolute Gasteiger partial charge is 0.353 e. The summed E-state index contributed by atoms with van der Waals surface area (Å²) in [6, 6.07) is -0.611. The standard InChI is InChI=1S/C5H11N3O4/c1-4(6)5(9)7-2-3-12-8(10)11/h4H,2-3,6H2,1H3,(H,7,9). The highest BCUT2D eigenvalue weighted by molar-refractivity contribution is 5.80. The molecule has 0 aromatic heterocycles. The van der Waals surface area contributed by atoms with E-state index in [1.165, 1.54) is 6.92 Å². The summed E-state index contributed by atoms with van der Waals surface area (Å²) in [5.41, 5.74) is 5.19. The predicted molar refractivity (Wildman–Crippen MR) is 39.6 cm³/mol. The fourth-order valence-electron chi connectivity index (χ4n) is 0.455. The maximum Gasteiger partial charge on any atom is 0.294 e. The van der Waals surface area contributed by atoms with E-state index in [4.69, 9.17) is 5.73 Å². The van der Waals surface area contributed by atoms with E-state index in [1.807, 2.05) is 0 Å². The SMILES string of the molecule is CC(N)C(=O)NCCO[N+](=O)[O-]. The number of hydrogen-bond acceptors (Lipinski definition) is 5. The fourth-order valence-corrected chi connectivity index (χ4v) is 0.455. The summed E-state index contributed by atoms with van der Waals surface area (Å²) in [5, 5.41) is 11.0. The van der Waals surface area contributed by atoms with Crippen LogP contribution in [0.1, 0.15) is 6.92 Å². The lowest BCUT2D eigenvalue weighted by Gasteiger charge is -2.05. The van der Waals surface area contributed by atoms with E-state index < -0.39 is 11.1 Å². The van der Waals surface area contributed by atoms with Crippen LogP contribution in [-0.2, 0) is 9.63 Å². The van der Waals surface area contributed by atoms with Crippen molar-refractivity contribution in [1.29, 1.82) is 0 Å². The minimum atomic E-state index is -0.919. The molecule has 0 fully saturated rings. The first kappa shape index (κ1) is 10.6. The van der Waals surface area contributed by atoms with E-state index >= 15 is 0 Å². The normalized spacial score (nSPS) is 11.8. The third-order valence-electron chi connectivity index (χ3n) is 1.01. The van der Waals surface area contributed by atoms with Gasteiger partial charge in [-0.05, 0) is 6.92 Å². The van der Waals surface area contributed by atoms with Crippen molar-refractivity contribution in [1.82, 2.24) is 5.32 Å². The van der Waals surface area contributed by atoms with Crippen LogP contribution < -0.4 is 11.1 Å². The topological polar surface area (TPSA) is 107 Å². The first-order chi connectivity index (χ1) is 5.54. The molecule has 0 aromatic carbocycles. The molecule has 0 aliphatic rings. The van der Waals surface area contributed by atoms with Gasteiger partial charge >= 0.3 is 0 Å². The van der Waals surface area contributed by atoms with Gasteiger partial charge in [-0.25, -0.2) is 0 Å². The summed E-state index contributed by atoms with van der Waals surface area (Å²) in [7, 11) is 0. The molecule has 0 radical (unpaired) electrons. The zero-order chi connectivity index (χ0) is 9.56. The summed E-state index contributed by atoms with van der Waals surface area (Å²) in [5.74, 6) is -0.359. The highest BCUT2D eigenvalue weighted by Gasteiger charge is 2.05. The summed E-state index contributed by atoms with van der Waals surface area (Å²) in [4.78, 5) is 24.3. The van der Waals surface area contributed by atoms with Crippen LogP contribution in [0.2, 0.25) is 0 Å². The van der Waals surface area contributed by atoms with Crippen molar-refractivity contribution in [3.63, 3.8) is 0 Å². The summed E-state index contributed by atoms with van der Waals surface area (Å²) in [6.07, 6.45) is 0. The number of nitrogens with two attached hydrogens (primary N) is 1. The van der Waals surface area contributed by atoms with Crippen LogP contribution in [0.3, 0.4) is 0 Å². The first-order valence-corrected chi connectivity index (χ1v) is 3.34. The quantitative estimate of drug-likeness (QED) is 0.307. The van der Waals surface area contributed by atoms with Crippen molar-refractivity contribution >= 4 is 5.91 Å². The molecule has 12 heavy (non-hydrogen) atoms. The Balaban J connectivity index is 3.32. The summed E-state index contributed by atoms with van der Waals surface area (Å²) >= 11 is 0. The highest BCUT2D eigenvalue weighted by Crippen LogP contribution is 1.76. The van der Waals surface area contributed by atoms with Crippen LogP contribution >= 0.6 is 0 Å². The molecule has 1 atom stereocenters. The lowest BCUT2D eigenvalue weighted by Crippen LogP contribution is -2.39. The molecule has 0 spiro atoms. The molecular weight excluding hydrogens is 166 g/mol. The van der Waals surface area contributed by atoms with Crippen LogP contribution in [0.25, 0.3) is 0 Å². The minimum Gasteiger partial charge on any atom is -0.353 e. The molecule has 7 nitrogen and oxygen atoms in total. The molecule has 0 saturated heterocycles. The van der Waals surface area contributed by atoms with Crippen LogP contribution in [0.4, 0.5) is 0 Å². The number of hydrogen-bond donors (Lipinski definition) is 2. The monoisotopic (exact) mass is 177 g/mol. The Morgan fingerprint density at radius 2 is 2.42 bits per heavy atom. The van der Waals surface area contributed by atoms with Crippen molar-refractivity contribution in [2.24, 2.45) is 5.73 Å². The van der Waals surface area contributed by atoms with Crippen LogP contribution in [0.5, 0.6) is 0 Å². The first-order valence-electron chi connectivity index (χ1n) is 3.34. The number of carbonyl (C=O) groups is 1. The molecule has 3 N–H and O–H groups in total. The maximum absolute atomic E-state index is 10.7. The molecule has 70 valence electrons. The van der Waals surface area contributed by atoms with Gasteiger partial charge in [-0.1, -0.05) is 0 Å². The van der Waals surface area contributed by atoms with Crippen molar-refractivity contribution in [2.75, 3.05) is 13.2 Å². The fraction of sp³-hybridized carbons (Fsp3) is 0.800. The van der Waals surface area contributed by atoms with E-state index in [-0.39, 0.29) is 19.1 Å². The zero-order valence-corrected chi connectivity index (χ0v) is 6.65.